The second-order valence-electron chi connectivity index (χ2n) is 5.93. The zero-order valence-electron chi connectivity index (χ0n) is 13.2. The van der Waals surface area contributed by atoms with E-state index in [9.17, 15) is 9.90 Å². The normalized spacial score (nSPS) is 16.2. The summed E-state index contributed by atoms with van der Waals surface area (Å²) in [7, 11) is 3.84. The molecular weight excluding hydrogens is 328 g/mol. The van der Waals surface area contributed by atoms with Crippen molar-refractivity contribution in [2.24, 2.45) is 4.99 Å². The molecule has 0 bridgehead atoms. The Kier molecular flexibility index (Phi) is 3.38. The van der Waals surface area contributed by atoms with Crippen LogP contribution in [0.25, 0.3) is 11.7 Å². The van der Waals surface area contributed by atoms with E-state index in [1.807, 2.05) is 25.1 Å². The van der Waals surface area contributed by atoms with Gasteiger partial charge in [0.1, 0.15) is 5.82 Å². The molecule has 0 unspecified atom stereocenters. The summed E-state index contributed by atoms with van der Waals surface area (Å²) in [6, 6.07) is 2.27. The van der Waals surface area contributed by atoms with Gasteiger partial charge >= 0.3 is 4.87 Å². The van der Waals surface area contributed by atoms with Crippen LogP contribution < -0.4 is 20.5 Å². The monoisotopic (exact) mass is 344 g/mol. The minimum atomic E-state index is -0.304. The minimum Gasteiger partial charge on any atom is -0.493 e. The van der Waals surface area contributed by atoms with Gasteiger partial charge in [0.25, 0.3) is 0 Å². The van der Waals surface area contributed by atoms with E-state index in [0.717, 1.165) is 40.7 Å². The molecule has 3 aromatic heterocycles. The van der Waals surface area contributed by atoms with Crippen LogP contribution in [0.5, 0.6) is 5.88 Å². The van der Waals surface area contributed by atoms with Gasteiger partial charge in [-0.15, -0.1) is 0 Å². The van der Waals surface area contributed by atoms with E-state index in [1.54, 1.807) is 16.8 Å². The third-order valence-corrected chi connectivity index (χ3v) is 4.55. The molecule has 124 valence electrons. The van der Waals surface area contributed by atoms with E-state index in [0.29, 0.717) is 16.6 Å². The average Bonchev–Trinajstić information content (AvgIpc) is 3.16. The summed E-state index contributed by atoms with van der Waals surface area (Å²) >= 11 is 0.941. The van der Waals surface area contributed by atoms with Gasteiger partial charge in [-0.3, -0.25) is 14.8 Å². The summed E-state index contributed by atoms with van der Waals surface area (Å²) in [6.07, 6.45) is 5.57. The van der Waals surface area contributed by atoms with Gasteiger partial charge < -0.3 is 10.0 Å². The zero-order valence-corrected chi connectivity index (χ0v) is 14.0. The van der Waals surface area contributed by atoms with Crippen molar-refractivity contribution in [1.29, 1.82) is 0 Å². The average molecular weight is 344 g/mol. The van der Waals surface area contributed by atoms with E-state index < -0.39 is 0 Å². The molecule has 0 amide bonds. The van der Waals surface area contributed by atoms with Gasteiger partial charge in [0.15, 0.2) is 11.1 Å². The van der Waals surface area contributed by atoms with Crippen molar-refractivity contribution >= 4 is 28.9 Å². The SMILES string of the molecule is CN(C)c1cc(=NC2CC2)n2nc/c(=C\c3sc(=O)[nH]c3O)c2n1. The van der Waals surface area contributed by atoms with Crippen LogP contribution >= 0.6 is 11.3 Å². The van der Waals surface area contributed by atoms with Crippen LogP contribution in [0.4, 0.5) is 5.82 Å². The molecule has 1 fully saturated rings. The van der Waals surface area contributed by atoms with Gasteiger partial charge in [-0.2, -0.15) is 9.61 Å². The third-order valence-electron chi connectivity index (χ3n) is 3.73. The van der Waals surface area contributed by atoms with E-state index >= 15 is 0 Å². The lowest BCUT2D eigenvalue weighted by Crippen LogP contribution is -2.22. The van der Waals surface area contributed by atoms with Crippen molar-refractivity contribution in [3.8, 4) is 5.88 Å². The standard InChI is InChI=1S/C15H16N6O2S/c1-20(2)11-6-12(17-9-3-4-9)21-13(18-11)8(7-16-21)5-10-14(22)19-15(23)24-10/h5-7,9,22H,3-4H2,1-2H3,(H,19,23)/b8-5+,17-12?. The number of aromatic hydroxyl groups is 1. The van der Waals surface area contributed by atoms with Crippen LogP contribution in [0.15, 0.2) is 22.1 Å². The molecule has 0 atom stereocenters. The highest BCUT2D eigenvalue weighted by molar-refractivity contribution is 7.10. The molecule has 9 heteroatoms. The van der Waals surface area contributed by atoms with Gasteiger partial charge in [-0.05, 0) is 18.9 Å². The Hall–Kier alpha value is -2.68. The van der Waals surface area contributed by atoms with Gasteiger partial charge in [0.2, 0.25) is 5.88 Å². The van der Waals surface area contributed by atoms with E-state index in [-0.39, 0.29) is 10.8 Å². The zero-order chi connectivity index (χ0) is 16.8. The molecule has 3 heterocycles. The Morgan fingerprint density at radius 1 is 1.50 bits per heavy atom. The molecule has 24 heavy (non-hydrogen) atoms. The first-order valence-corrected chi connectivity index (χ1v) is 8.36. The Morgan fingerprint density at radius 3 is 2.92 bits per heavy atom. The number of nitrogens with zero attached hydrogens (tertiary/aromatic N) is 5. The van der Waals surface area contributed by atoms with Gasteiger partial charge in [-0.25, -0.2) is 4.98 Å². The highest BCUT2D eigenvalue weighted by Gasteiger charge is 2.20. The lowest BCUT2D eigenvalue weighted by molar-refractivity contribution is 0.455. The fraction of sp³-hybridized carbons (Fsp3) is 0.333. The first-order chi connectivity index (χ1) is 11.5. The van der Waals surface area contributed by atoms with Crippen LogP contribution in [0, 0.1) is 0 Å². The number of hydrogen-bond acceptors (Lipinski definition) is 7. The maximum absolute atomic E-state index is 11.4. The second-order valence-corrected chi connectivity index (χ2v) is 6.95. The van der Waals surface area contributed by atoms with E-state index in [1.165, 1.54) is 0 Å². The maximum Gasteiger partial charge on any atom is 0.307 e. The number of aromatic nitrogens is 4. The van der Waals surface area contributed by atoms with Crippen molar-refractivity contribution in [2.75, 3.05) is 19.0 Å². The number of aromatic amines is 1. The number of H-pyrrole nitrogens is 1. The smallest absolute Gasteiger partial charge is 0.307 e. The number of thiazole rings is 1. The molecule has 0 aromatic carbocycles. The summed E-state index contributed by atoms with van der Waals surface area (Å²) in [5, 5.41) is 14.9. The molecule has 0 radical (unpaired) electrons. The summed E-state index contributed by atoms with van der Waals surface area (Å²) in [6.45, 7) is 0. The van der Waals surface area contributed by atoms with Crippen molar-refractivity contribution in [3.63, 3.8) is 0 Å². The van der Waals surface area contributed by atoms with Crippen molar-refractivity contribution in [2.45, 2.75) is 18.9 Å². The van der Waals surface area contributed by atoms with Crippen LogP contribution in [-0.4, -0.2) is 44.8 Å². The Balaban J connectivity index is 1.99. The van der Waals surface area contributed by atoms with Crippen LogP contribution in [0.1, 0.15) is 17.7 Å². The molecule has 2 N–H and O–H groups in total. The van der Waals surface area contributed by atoms with Crippen LogP contribution in [0.2, 0.25) is 0 Å². The first kappa shape index (κ1) is 14.9. The molecule has 0 spiro atoms. The molecule has 0 saturated heterocycles. The molecule has 3 aromatic rings. The quantitative estimate of drug-likeness (QED) is 0.689. The fourth-order valence-corrected chi connectivity index (χ4v) is 3.02. The lowest BCUT2D eigenvalue weighted by Gasteiger charge is -2.11. The van der Waals surface area contributed by atoms with Gasteiger partial charge in [0.05, 0.1) is 17.1 Å². The van der Waals surface area contributed by atoms with Crippen LogP contribution in [-0.2, 0) is 0 Å². The summed E-state index contributed by atoms with van der Waals surface area (Å²) in [5.41, 5.74) is 1.40. The molecule has 1 saturated carbocycles. The Labute approximate surface area is 140 Å². The number of hydrogen-bond donors (Lipinski definition) is 2. The Bertz CT molecular complexity index is 1090. The predicted octanol–water partition coefficient (Wildman–Crippen LogP) is -0.139. The summed E-state index contributed by atoms with van der Waals surface area (Å²) in [5.74, 6) is 0.638. The van der Waals surface area contributed by atoms with Crippen LogP contribution in [0.3, 0.4) is 0 Å². The van der Waals surface area contributed by atoms with Crippen molar-refractivity contribution in [1.82, 2.24) is 19.6 Å². The summed E-state index contributed by atoms with van der Waals surface area (Å²) in [4.78, 5) is 25.1. The molecule has 0 aliphatic heterocycles. The number of rotatable bonds is 3. The summed E-state index contributed by atoms with van der Waals surface area (Å²) < 4.78 is 1.70. The third kappa shape index (κ3) is 2.67. The largest absolute Gasteiger partial charge is 0.493 e. The topological polar surface area (TPSA) is 98.9 Å². The molecule has 1 aliphatic rings. The van der Waals surface area contributed by atoms with Crippen molar-refractivity contribution < 1.29 is 5.11 Å². The van der Waals surface area contributed by atoms with E-state index in [2.05, 4.69) is 15.1 Å². The highest BCUT2D eigenvalue weighted by atomic mass is 32.1. The second kappa shape index (κ2) is 5.45. The first-order valence-electron chi connectivity index (χ1n) is 7.55. The Morgan fingerprint density at radius 2 is 2.29 bits per heavy atom. The highest BCUT2D eigenvalue weighted by Crippen LogP contribution is 2.22. The maximum atomic E-state index is 11.4. The van der Waals surface area contributed by atoms with E-state index in [4.69, 9.17) is 4.99 Å². The van der Waals surface area contributed by atoms with Gasteiger partial charge in [-0.1, -0.05) is 11.3 Å². The molecular formula is C15H16N6O2S. The number of anilines is 1. The number of nitrogens with one attached hydrogen (secondary N) is 1. The fourth-order valence-electron chi connectivity index (χ4n) is 2.34. The molecule has 8 nitrogen and oxygen atoms in total. The molecule has 4 rings (SSSR count). The predicted molar refractivity (Wildman–Crippen MR) is 91.3 cm³/mol. The number of fused-ring (bicyclic) bond motifs is 1. The van der Waals surface area contributed by atoms with Gasteiger partial charge in [0, 0.05) is 25.4 Å². The van der Waals surface area contributed by atoms with Crippen molar-refractivity contribution in [3.05, 3.63) is 37.5 Å². The lowest BCUT2D eigenvalue weighted by atomic mass is 10.3. The minimum absolute atomic E-state index is 0.143. The molecule has 1 aliphatic carbocycles.